The number of hydrogen-bond acceptors (Lipinski definition) is 3. The standard InChI is InChI=1S/C17H19BrN2O3S/c1-11-8-12(2)17(13(3)9-11)20-16(21)10-19-24(22,23)15-7-5-4-6-14(15)18/h4-9,19H,10H2,1-3H3,(H,20,21). The van der Waals surface area contributed by atoms with E-state index >= 15 is 0 Å². The largest absolute Gasteiger partial charge is 0.324 e. The van der Waals surface area contributed by atoms with Crippen LogP contribution in [0.4, 0.5) is 5.69 Å². The van der Waals surface area contributed by atoms with Gasteiger partial charge in [-0.15, -0.1) is 0 Å². The highest BCUT2D eigenvalue weighted by Gasteiger charge is 2.18. The van der Waals surface area contributed by atoms with Crippen LogP contribution in [0, 0.1) is 20.8 Å². The third-order valence-electron chi connectivity index (χ3n) is 3.49. The number of halogens is 1. The second-order valence-corrected chi connectivity index (χ2v) is 8.17. The van der Waals surface area contributed by atoms with Gasteiger partial charge in [0.25, 0.3) is 0 Å². The van der Waals surface area contributed by atoms with E-state index in [9.17, 15) is 13.2 Å². The maximum absolute atomic E-state index is 12.3. The Morgan fingerprint density at radius 3 is 2.25 bits per heavy atom. The van der Waals surface area contributed by atoms with Gasteiger partial charge in [0.1, 0.15) is 0 Å². The first-order valence-corrected chi connectivity index (χ1v) is 9.60. The van der Waals surface area contributed by atoms with Crippen molar-refractivity contribution in [3.63, 3.8) is 0 Å². The van der Waals surface area contributed by atoms with Crippen LogP contribution in [-0.2, 0) is 14.8 Å². The number of anilines is 1. The molecule has 0 radical (unpaired) electrons. The summed E-state index contributed by atoms with van der Waals surface area (Å²) in [7, 11) is -3.76. The molecule has 0 unspecified atom stereocenters. The van der Waals surface area contributed by atoms with E-state index in [4.69, 9.17) is 0 Å². The predicted molar refractivity (Wildman–Crippen MR) is 98.6 cm³/mol. The fourth-order valence-corrected chi connectivity index (χ4v) is 4.44. The zero-order valence-electron chi connectivity index (χ0n) is 13.7. The smallest absolute Gasteiger partial charge is 0.242 e. The molecule has 0 saturated heterocycles. The van der Waals surface area contributed by atoms with Crippen molar-refractivity contribution in [3.8, 4) is 0 Å². The van der Waals surface area contributed by atoms with Crippen molar-refractivity contribution >= 4 is 37.5 Å². The number of amides is 1. The van der Waals surface area contributed by atoms with Gasteiger partial charge in [-0.3, -0.25) is 4.79 Å². The monoisotopic (exact) mass is 410 g/mol. The van der Waals surface area contributed by atoms with Crippen molar-refractivity contribution in [2.75, 3.05) is 11.9 Å². The van der Waals surface area contributed by atoms with Crippen molar-refractivity contribution in [1.29, 1.82) is 0 Å². The van der Waals surface area contributed by atoms with E-state index in [1.807, 2.05) is 32.9 Å². The van der Waals surface area contributed by atoms with E-state index in [-0.39, 0.29) is 11.4 Å². The summed E-state index contributed by atoms with van der Waals surface area (Å²) < 4.78 is 27.3. The average molecular weight is 411 g/mol. The molecule has 1 amide bonds. The molecule has 0 aromatic heterocycles. The Bertz CT molecular complexity index is 856. The van der Waals surface area contributed by atoms with Gasteiger partial charge in [0.15, 0.2) is 0 Å². The molecular formula is C17H19BrN2O3S. The Kier molecular flexibility index (Phi) is 5.79. The van der Waals surface area contributed by atoms with Gasteiger partial charge >= 0.3 is 0 Å². The number of sulfonamides is 1. The normalized spacial score (nSPS) is 11.3. The second-order valence-electron chi connectivity index (χ2n) is 5.58. The Labute approximate surface area is 150 Å². The minimum Gasteiger partial charge on any atom is -0.324 e. The van der Waals surface area contributed by atoms with Gasteiger partial charge in [-0.05, 0) is 60.0 Å². The molecule has 0 atom stereocenters. The minimum absolute atomic E-state index is 0.0977. The Morgan fingerprint density at radius 1 is 1.08 bits per heavy atom. The molecule has 24 heavy (non-hydrogen) atoms. The highest BCUT2D eigenvalue weighted by atomic mass is 79.9. The number of carbonyl (C=O) groups excluding carboxylic acids is 1. The van der Waals surface area contributed by atoms with Crippen LogP contribution in [0.1, 0.15) is 16.7 Å². The molecule has 0 heterocycles. The summed E-state index contributed by atoms with van der Waals surface area (Å²) in [6.07, 6.45) is 0. The quantitative estimate of drug-likeness (QED) is 0.793. The molecule has 0 fully saturated rings. The van der Waals surface area contributed by atoms with E-state index in [1.165, 1.54) is 6.07 Å². The number of benzene rings is 2. The predicted octanol–water partition coefficient (Wildman–Crippen LogP) is 3.29. The molecule has 5 nitrogen and oxygen atoms in total. The van der Waals surface area contributed by atoms with Crippen LogP contribution in [0.25, 0.3) is 0 Å². The average Bonchev–Trinajstić information content (AvgIpc) is 2.49. The highest BCUT2D eigenvalue weighted by molar-refractivity contribution is 9.10. The topological polar surface area (TPSA) is 75.3 Å². The van der Waals surface area contributed by atoms with Crippen molar-refractivity contribution in [1.82, 2.24) is 4.72 Å². The fourth-order valence-electron chi connectivity index (χ4n) is 2.46. The van der Waals surface area contributed by atoms with E-state index in [0.717, 1.165) is 16.7 Å². The summed E-state index contributed by atoms with van der Waals surface area (Å²) in [5, 5.41) is 2.77. The molecule has 0 aliphatic heterocycles. The molecule has 0 saturated carbocycles. The minimum atomic E-state index is -3.76. The fraction of sp³-hybridized carbons (Fsp3) is 0.235. The SMILES string of the molecule is Cc1cc(C)c(NC(=O)CNS(=O)(=O)c2ccccc2Br)c(C)c1. The lowest BCUT2D eigenvalue weighted by Gasteiger charge is -2.13. The molecular weight excluding hydrogens is 392 g/mol. The maximum atomic E-state index is 12.3. The zero-order chi connectivity index (χ0) is 17.9. The molecule has 0 aliphatic rings. The Hall–Kier alpha value is -1.70. The molecule has 0 spiro atoms. The summed E-state index contributed by atoms with van der Waals surface area (Å²) in [6.45, 7) is 5.45. The molecule has 7 heteroatoms. The molecule has 0 bridgehead atoms. The maximum Gasteiger partial charge on any atom is 0.242 e. The van der Waals surface area contributed by atoms with E-state index in [0.29, 0.717) is 10.2 Å². The van der Waals surface area contributed by atoms with Crippen LogP contribution in [0.15, 0.2) is 45.8 Å². The van der Waals surface area contributed by atoms with Crippen LogP contribution < -0.4 is 10.0 Å². The number of nitrogens with one attached hydrogen (secondary N) is 2. The Balaban J connectivity index is 2.08. The van der Waals surface area contributed by atoms with Gasteiger partial charge in [-0.2, -0.15) is 0 Å². The lowest BCUT2D eigenvalue weighted by Crippen LogP contribution is -2.33. The highest BCUT2D eigenvalue weighted by Crippen LogP contribution is 2.22. The van der Waals surface area contributed by atoms with E-state index in [2.05, 4.69) is 26.0 Å². The molecule has 2 aromatic carbocycles. The summed E-state index contributed by atoms with van der Waals surface area (Å²) in [4.78, 5) is 12.2. The number of carbonyl (C=O) groups is 1. The van der Waals surface area contributed by atoms with Gasteiger partial charge < -0.3 is 5.32 Å². The Morgan fingerprint density at radius 2 is 1.67 bits per heavy atom. The van der Waals surface area contributed by atoms with Crippen molar-refractivity contribution in [3.05, 3.63) is 57.6 Å². The number of hydrogen-bond donors (Lipinski definition) is 2. The lowest BCUT2D eigenvalue weighted by molar-refractivity contribution is -0.115. The second kappa shape index (κ2) is 7.46. The van der Waals surface area contributed by atoms with Gasteiger partial charge in [0.2, 0.25) is 15.9 Å². The molecule has 2 aromatic rings. The molecule has 0 aliphatic carbocycles. The van der Waals surface area contributed by atoms with Crippen LogP contribution in [0.5, 0.6) is 0 Å². The van der Waals surface area contributed by atoms with Crippen LogP contribution in [0.3, 0.4) is 0 Å². The lowest BCUT2D eigenvalue weighted by atomic mass is 10.1. The first-order valence-electron chi connectivity index (χ1n) is 7.32. The third kappa shape index (κ3) is 4.43. The summed E-state index contributed by atoms with van der Waals surface area (Å²) >= 11 is 3.20. The molecule has 2 rings (SSSR count). The molecule has 2 N–H and O–H groups in total. The molecule has 128 valence electrons. The first-order chi connectivity index (χ1) is 11.2. The summed E-state index contributed by atoms with van der Waals surface area (Å²) in [5.74, 6) is -0.416. The summed E-state index contributed by atoms with van der Waals surface area (Å²) in [5.41, 5.74) is 3.70. The number of rotatable bonds is 5. The number of aryl methyl sites for hydroxylation is 3. The van der Waals surface area contributed by atoms with Crippen LogP contribution >= 0.6 is 15.9 Å². The van der Waals surface area contributed by atoms with Crippen LogP contribution in [0.2, 0.25) is 0 Å². The van der Waals surface area contributed by atoms with Crippen molar-refractivity contribution < 1.29 is 13.2 Å². The van der Waals surface area contributed by atoms with Gasteiger partial charge in [-0.1, -0.05) is 29.8 Å². The van der Waals surface area contributed by atoms with Crippen LogP contribution in [-0.4, -0.2) is 20.9 Å². The third-order valence-corrected chi connectivity index (χ3v) is 5.90. The van der Waals surface area contributed by atoms with E-state index in [1.54, 1.807) is 18.2 Å². The summed E-state index contributed by atoms with van der Waals surface area (Å²) in [6, 6.07) is 10.4. The van der Waals surface area contributed by atoms with E-state index < -0.39 is 15.9 Å². The van der Waals surface area contributed by atoms with Gasteiger partial charge in [-0.25, -0.2) is 13.1 Å². The van der Waals surface area contributed by atoms with Crippen molar-refractivity contribution in [2.45, 2.75) is 25.7 Å². The first kappa shape index (κ1) is 18.6. The zero-order valence-corrected chi connectivity index (χ0v) is 16.1. The van der Waals surface area contributed by atoms with Gasteiger partial charge in [0, 0.05) is 10.2 Å². The van der Waals surface area contributed by atoms with Gasteiger partial charge in [0.05, 0.1) is 11.4 Å². The van der Waals surface area contributed by atoms with Crippen molar-refractivity contribution in [2.24, 2.45) is 0 Å².